The molecule has 0 aliphatic heterocycles. The van der Waals surface area contributed by atoms with Crippen LogP contribution in [0.4, 0.5) is 5.82 Å². The quantitative estimate of drug-likeness (QED) is 0.686. The van der Waals surface area contributed by atoms with E-state index in [-0.39, 0.29) is 5.91 Å². The van der Waals surface area contributed by atoms with Gasteiger partial charge >= 0.3 is 0 Å². The van der Waals surface area contributed by atoms with E-state index < -0.39 is 5.60 Å². The van der Waals surface area contributed by atoms with Crippen molar-refractivity contribution in [1.29, 1.82) is 0 Å². The lowest BCUT2D eigenvalue weighted by Gasteiger charge is -2.23. The van der Waals surface area contributed by atoms with Crippen molar-refractivity contribution in [3.8, 4) is 0 Å². The topological polar surface area (TPSA) is 74.2 Å². The minimum Gasteiger partial charge on any atom is -0.384 e. The number of nitrogens with zero attached hydrogens (tertiary/aromatic N) is 1. The molecule has 3 N–H and O–H groups in total. The van der Waals surface area contributed by atoms with E-state index in [0.717, 1.165) is 5.56 Å². The molecule has 1 amide bonds. The molecule has 6 heteroatoms. The number of aromatic nitrogens is 1. The van der Waals surface area contributed by atoms with Crippen LogP contribution >= 0.6 is 11.3 Å². The number of hydrogen-bond acceptors (Lipinski definition) is 5. The van der Waals surface area contributed by atoms with Crippen molar-refractivity contribution < 1.29 is 9.90 Å². The summed E-state index contributed by atoms with van der Waals surface area (Å²) in [6.07, 6.45) is 3.12. The van der Waals surface area contributed by atoms with Gasteiger partial charge in [-0.05, 0) is 41.4 Å². The molecule has 1 unspecified atom stereocenters. The number of hydrogen-bond donors (Lipinski definition) is 3. The first-order chi connectivity index (χ1) is 10.5. The molecule has 0 spiro atoms. The van der Waals surface area contributed by atoms with Crippen LogP contribution in [0.5, 0.6) is 0 Å². The SMILES string of the molecule is C=CCNC(=O)c1ccc(NCC(C)(O)c2ccsc2)nc1. The maximum atomic E-state index is 11.7. The van der Waals surface area contributed by atoms with E-state index in [9.17, 15) is 9.90 Å². The molecule has 22 heavy (non-hydrogen) atoms. The highest BCUT2D eigenvalue weighted by molar-refractivity contribution is 7.08. The van der Waals surface area contributed by atoms with Gasteiger partial charge in [0.2, 0.25) is 0 Å². The Kier molecular flexibility index (Phi) is 5.30. The second-order valence-corrected chi connectivity index (χ2v) is 5.85. The van der Waals surface area contributed by atoms with Gasteiger partial charge in [0.25, 0.3) is 5.91 Å². The number of anilines is 1. The molecular weight excluding hydrogens is 298 g/mol. The molecule has 0 fully saturated rings. The summed E-state index contributed by atoms with van der Waals surface area (Å²) in [5.74, 6) is 0.417. The molecule has 0 saturated heterocycles. The van der Waals surface area contributed by atoms with Gasteiger partial charge in [-0.1, -0.05) is 6.08 Å². The zero-order valence-corrected chi connectivity index (χ0v) is 13.2. The molecule has 0 bridgehead atoms. The molecule has 5 nitrogen and oxygen atoms in total. The van der Waals surface area contributed by atoms with Gasteiger partial charge in [-0.3, -0.25) is 4.79 Å². The number of amides is 1. The first kappa shape index (κ1) is 16.2. The van der Waals surface area contributed by atoms with E-state index in [0.29, 0.717) is 24.5 Å². The van der Waals surface area contributed by atoms with Crippen molar-refractivity contribution in [2.75, 3.05) is 18.4 Å². The fourth-order valence-corrected chi connectivity index (χ4v) is 2.62. The number of thiophene rings is 1. The highest BCUT2D eigenvalue weighted by atomic mass is 32.1. The highest BCUT2D eigenvalue weighted by Crippen LogP contribution is 2.23. The predicted molar refractivity (Wildman–Crippen MR) is 89.1 cm³/mol. The summed E-state index contributed by atoms with van der Waals surface area (Å²) in [6, 6.07) is 5.30. The smallest absolute Gasteiger partial charge is 0.253 e. The van der Waals surface area contributed by atoms with E-state index in [1.54, 1.807) is 36.5 Å². The third-order valence-electron chi connectivity index (χ3n) is 3.19. The average Bonchev–Trinajstić information content (AvgIpc) is 3.06. The van der Waals surface area contributed by atoms with Gasteiger partial charge in [0, 0.05) is 19.3 Å². The van der Waals surface area contributed by atoms with Crippen LogP contribution in [0.2, 0.25) is 0 Å². The van der Waals surface area contributed by atoms with E-state index in [1.807, 2.05) is 16.8 Å². The van der Waals surface area contributed by atoms with Crippen molar-refractivity contribution in [1.82, 2.24) is 10.3 Å². The van der Waals surface area contributed by atoms with Crippen molar-refractivity contribution >= 4 is 23.1 Å². The van der Waals surface area contributed by atoms with E-state index in [1.165, 1.54) is 6.20 Å². The largest absolute Gasteiger partial charge is 0.384 e. The second-order valence-electron chi connectivity index (χ2n) is 5.07. The molecule has 2 rings (SSSR count). The van der Waals surface area contributed by atoms with E-state index in [4.69, 9.17) is 0 Å². The van der Waals surface area contributed by atoms with Gasteiger partial charge in [0.1, 0.15) is 11.4 Å². The Bertz CT molecular complexity index is 621. The molecule has 2 aromatic heterocycles. The summed E-state index contributed by atoms with van der Waals surface area (Å²) in [6.45, 7) is 6.05. The number of aliphatic hydroxyl groups is 1. The van der Waals surface area contributed by atoms with E-state index in [2.05, 4.69) is 22.2 Å². The maximum absolute atomic E-state index is 11.7. The second kappa shape index (κ2) is 7.20. The van der Waals surface area contributed by atoms with Crippen LogP contribution in [-0.4, -0.2) is 29.1 Å². The van der Waals surface area contributed by atoms with Gasteiger partial charge in [0.15, 0.2) is 0 Å². The maximum Gasteiger partial charge on any atom is 0.253 e. The third-order valence-corrected chi connectivity index (χ3v) is 3.87. The van der Waals surface area contributed by atoms with Gasteiger partial charge < -0.3 is 15.7 Å². The minimum atomic E-state index is -0.971. The summed E-state index contributed by atoms with van der Waals surface area (Å²) in [5.41, 5.74) is 0.379. The summed E-state index contributed by atoms with van der Waals surface area (Å²) in [7, 11) is 0. The number of pyridine rings is 1. The van der Waals surface area contributed by atoms with Crippen LogP contribution < -0.4 is 10.6 Å². The molecule has 1 atom stereocenters. The summed E-state index contributed by atoms with van der Waals surface area (Å²) in [5, 5.41) is 20.0. The van der Waals surface area contributed by atoms with Crippen molar-refractivity contribution in [3.05, 3.63) is 58.9 Å². The predicted octanol–water partition coefficient (Wildman–Crippen LogP) is 2.38. The van der Waals surface area contributed by atoms with Gasteiger partial charge in [0.05, 0.1) is 5.56 Å². The van der Waals surface area contributed by atoms with Crippen LogP contribution in [0.1, 0.15) is 22.8 Å². The molecule has 0 aliphatic carbocycles. The summed E-state index contributed by atoms with van der Waals surface area (Å²) < 4.78 is 0. The Balaban J connectivity index is 1.94. The van der Waals surface area contributed by atoms with Crippen LogP contribution in [0, 0.1) is 0 Å². The normalized spacial score (nSPS) is 13.2. The molecule has 0 saturated carbocycles. The van der Waals surface area contributed by atoms with Crippen molar-refractivity contribution in [2.24, 2.45) is 0 Å². The van der Waals surface area contributed by atoms with Crippen LogP contribution in [0.25, 0.3) is 0 Å². The lowest BCUT2D eigenvalue weighted by atomic mass is 9.99. The van der Waals surface area contributed by atoms with Gasteiger partial charge in [-0.2, -0.15) is 11.3 Å². The molecule has 0 radical (unpaired) electrons. The zero-order chi connectivity index (χ0) is 16.0. The molecule has 116 valence electrons. The lowest BCUT2D eigenvalue weighted by molar-refractivity contribution is 0.0719. The van der Waals surface area contributed by atoms with Gasteiger partial charge in [-0.25, -0.2) is 4.98 Å². The third kappa shape index (κ3) is 4.16. The first-order valence-corrected chi connectivity index (χ1v) is 7.81. The van der Waals surface area contributed by atoms with E-state index >= 15 is 0 Å². The fraction of sp³-hybridized carbons (Fsp3) is 0.250. The summed E-state index contributed by atoms with van der Waals surface area (Å²) >= 11 is 1.54. The van der Waals surface area contributed by atoms with Crippen molar-refractivity contribution in [3.63, 3.8) is 0 Å². The zero-order valence-electron chi connectivity index (χ0n) is 12.4. The Labute approximate surface area is 133 Å². The standard InChI is InChI=1S/C16H19N3O2S/c1-3-7-17-15(20)12-4-5-14(18-9-12)19-11-16(2,21)13-6-8-22-10-13/h3-6,8-10,21H,1,7,11H2,2H3,(H,17,20)(H,18,19). The Morgan fingerprint density at radius 2 is 2.32 bits per heavy atom. The molecule has 2 aromatic rings. The summed E-state index contributed by atoms with van der Waals surface area (Å²) in [4.78, 5) is 15.9. The van der Waals surface area contributed by atoms with Gasteiger partial charge in [-0.15, -0.1) is 6.58 Å². The highest BCUT2D eigenvalue weighted by Gasteiger charge is 2.23. The average molecular weight is 317 g/mol. The number of carbonyl (C=O) groups is 1. The van der Waals surface area contributed by atoms with Crippen LogP contribution in [0.3, 0.4) is 0 Å². The number of rotatable bonds is 7. The molecule has 0 aliphatic rings. The van der Waals surface area contributed by atoms with Crippen molar-refractivity contribution in [2.45, 2.75) is 12.5 Å². The Hall–Kier alpha value is -2.18. The molecular formula is C16H19N3O2S. The van der Waals surface area contributed by atoms with Crippen LogP contribution in [0.15, 0.2) is 47.8 Å². The minimum absolute atomic E-state index is 0.191. The first-order valence-electron chi connectivity index (χ1n) is 6.87. The number of nitrogens with one attached hydrogen (secondary N) is 2. The molecule has 0 aromatic carbocycles. The number of carbonyl (C=O) groups excluding carboxylic acids is 1. The Morgan fingerprint density at radius 1 is 1.50 bits per heavy atom. The fourth-order valence-electron chi connectivity index (χ4n) is 1.84. The Morgan fingerprint density at radius 3 is 2.91 bits per heavy atom. The molecule has 2 heterocycles. The monoisotopic (exact) mass is 317 g/mol. The van der Waals surface area contributed by atoms with Crippen LogP contribution in [-0.2, 0) is 5.60 Å². The lowest BCUT2D eigenvalue weighted by Crippen LogP contribution is -2.30.